The summed E-state index contributed by atoms with van der Waals surface area (Å²) in [7, 11) is 0. The molecule has 0 spiro atoms. The molecule has 1 aliphatic carbocycles. The third kappa shape index (κ3) is 2.63. The summed E-state index contributed by atoms with van der Waals surface area (Å²) in [5.74, 6) is 1.15. The van der Waals surface area contributed by atoms with Crippen molar-refractivity contribution in [3.63, 3.8) is 0 Å². The lowest BCUT2D eigenvalue weighted by Crippen LogP contribution is -2.25. The Kier molecular flexibility index (Phi) is 3.88. The third-order valence-corrected chi connectivity index (χ3v) is 4.30. The van der Waals surface area contributed by atoms with E-state index in [1.54, 1.807) is 6.20 Å². The van der Waals surface area contributed by atoms with Crippen molar-refractivity contribution in [2.24, 2.45) is 16.6 Å². The van der Waals surface area contributed by atoms with Crippen LogP contribution in [0.1, 0.15) is 32.1 Å². The van der Waals surface area contributed by atoms with E-state index < -0.39 is 0 Å². The van der Waals surface area contributed by atoms with Gasteiger partial charge in [-0.2, -0.15) is 0 Å². The van der Waals surface area contributed by atoms with Crippen LogP contribution in [-0.4, -0.2) is 10.8 Å². The predicted octanol–water partition coefficient (Wildman–Crippen LogP) is 4.46. The second-order valence-electron chi connectivity index (χ2n) is 5.34. The fourth-order valence-electron chi connectivity index (χ4n) is 2.84. The van der Waals surface area contributed by atoms with Crippen molar-refractivity contribution in [1.82, 2.24) is 4.98 Å². The first-order valence-corrected chi connectivity index (χ1v) is 7.51. The molecule has 0 bridgehead atoms. The summed E-state index contributed by atoms with van der Waals surface area (Å²) in [5, 5.41) is 1.62. The van der Waals surface area contributed by atoms with Crippen LogP contribution in [0, 0.1) is 5.92 Å². The van der Waals surface area contributed by atoms with Crippen LogP contribution in [0.4, 0.5) is 5.69 Å². The molecule has 0 atom stereocenters. The maximum absolute atomic E-state index is 6.20. The summed E-state index contributed by atoms with van der Waals surface area (Å²) < 4.78 is 0. The number of aromatic nitrogens is 1. The highest BCUT2D eigenvalue weighted by Gasteiger charge is 2.17. The summed E-state index contributed by atoms with van der Waals surface area (Å²) in [6.45, 7) is 0. The molecule has 0 aliphatic heterocycles. The van der Waals surface area contributed by atoms with Crippen molar-refractivity contribution in [1.29, 1.82) is 0 Å². The topological polar surface area (TPSA) is 51.3 Å². The van der Waals surface area contributed by atoms with Crippen LogP contribution in [0.5, 0.6) is 0 Å². The quantitative estimate of drug-likeness (QED) is 0.655. The zero-order chi connectivity index (χ0) is 13.9. The van der Waals surface area contributed by atoms with Gasteiger partial charge in [0.25, 0.3) is 0 Å². The Morgan fingerprint density at radius 1 is 1.20 bits per heavy atom. The molecule has 3 nitrogen and oxygen atoms in total. The number of fused-ring (bicyclic) bond motifs is 1. The van der Waals surface area contributed by atoms with Crippen LogP contribution < -0.4 is 5.73 Å². The molecule has 1 aromatic carbocycles. The van der Waals surface area contributed by atoms with Crippen molar-refractivity contribution in [2.75, 3.05) is 0 Å². The van der Waals surface area contributed by atoms with E-state index in [9.17, 15) is 0 Å². The maximum atomic E-state index is 6.20. The van der Waals surface area contributed by atoms with Gasteiger partial charge >= 0.3 is 0 Å². The molecule has 1 fully saturated rings. The molecule has 0 unspecified atom stereocenters. The number of hydrogen-bond acceptors (Lipinski definition) is 2. The lowest BCUT2D eigenvalue weighted by Gasteiger charge is -2.20. The van der Waals surface area contributed by atoms with Crippen molar-refractivity contribution in [2.45, 2.75) is 32.1 Å². The van der Waals surface area contributed by atoms with E-state index in [4.69, 9.17) is 17.3 Å². The normalized spacial score (nSPS) is 17.6. The molecule has 4 heteroatoms. The fraction of sp³-hybridized carbons (Fsp3) is 0.375. The van der Waals surface area contributed by atoms with Gasteiger partial charge < -0.3 is 5.73 Å². The van der Waals surface area contributed by atoms with Gasteiger partial charge in [0, 0.05) is 17.5 Å². The largest absolute Gasteiger partial charge is 0.387 e. The van der Waals surface area contributed by atoms with E-state index >= 15 is 0 Å². The summed E-state index contributed by atoms with van der Waals surface area (Å²) in [4.78, 5) is 9.02. The molecule has 0 saturated heterocycles. The minimum absolute atomic E-state index is 0.415. The molecule has 2 N–H and O–H groups in total. The number of amidine groups is 1. The van der Waals surface area contributed by atoms with Crippen LogP contribution in [0.25, 0.3) is 10.9 Å². The van der Waals surface area contributed by atoms with Crippen LogP contribution in [0.15, 0.2) is 35.5 Å². The average molecular weight is 288 g/mol. The van der Waals surface area contributed by atoms with Crippen molar-refractivity contribution < 1.29 is 0 Å². The highest BCUT2D eigenvalue weighted by molar-refractivity contribution is 6.35. The Morgan fingerprint density at radius 3 is 2.80 bits per heavy atom. The molecule has 1 heterocycles. The van der Waals surface area contributed by atoms with Gasteiger partial charge in [0.05, 0.1) is 16.2 Å². The molecule has 20 heavy (non-hydrogen) atoms. The second kappa shape index (κ2) is 5.80. The van der Waals surface area contributed by atoms with Gasteiger partial charge in [0.2, 0.25) is 0 Å². The highest BCUT2D eigenvalue weighted by atomic mass is 35.5. The number of pyridine rings is 1. The number of halogens is 1. The Bertz CT molecular complexity index is 645. The molecule has 1 saturated carbocycles. The van der Waals surface area contributed by atoms with Crippen LogP contribution in [0.3, 0.4) is 0 Å². The first-order chi connectivity index (χ1) is 9.75. The lowest BCUT2D eigenvalue weighted by molar-refractivity contribution is 0.437. The molecular weight excluding hydrogens is 270 g/mol. The molecule has 1 aliphatic rings. The summed E-state index contributed by atoms with van der Waals surface area (Å²) in [6.07, 6.45) is 7.87. The van der Waals surface area contributed by atoms with E-state index in [1.165, 1.54) is 19.3 Å². The smallest absolute Gasteiger partial charge is 0.103 e. The molecule has 3 rings (SSSR count). The van der Waals surface area contributed by atoms with E-state index in [1.807, 2.05) is 24.3 Å². The standard InChI is InChI=1S/C16H18ClN3/c17-13-8-9-14(15-12(13)7-4-10-19-15)20-16(18)11-5-2-1-3-6-11/h4,7-11H,1-3,5-6H2,(H2,18,20). The van der Waals surface area contributed by atoms with E-state index in [0.717, 1.165) is 35.3 Å². The summed E-state index contributed by atoms with van der Waals surface area (Å²) in [5.41, 5.74) is 7.83. The SMILES string of the molecule is NC(=Nc1ccc(Cl)c2cccnc12)C1CCCCC1. The highest BCUT2D eigenvalue weighted by Crippen LogP contribution is 2.31. The molecular formula is C16H18ClN3. The fourth-order valence-corrected chi connectivity index (χ4v) is 3.06. The summed E-state index contributed by atoms with van der Waals surface area (Å²) >= 11 is 6.19. The molecule has 2 aromatic rings. The van der Waals surface area contributed by atoms with Crippen molar-refractivity contribution in [3.8, 4) is 0 Å². The van der Waals surface area contributed by atoms with Gasteiger partial charge in [-0.1, -0.05) is 30.9 Å². The number of hydrogen-bond donors (Lipinski definition) is 1. The van der Waals surface area contributed by atoms with Gasteiger partial charge in [0.15, 0.2) is 0 Å². The number of benzene rings is 1. The average Bonchev–Trinajstić information content (AvgIpc) is 2.51. The monoisotopic (exact) mass is 287 g/mol. The van der Waals surface area contributed by atoms with Gasteiger partial charge in [-0.3, -0.25) is 4.98 Å². The van der Waals surface area contributed by atoms with Gasteiger partial charge in [-0.15, -0.1) is 0 Å². The van der Waals surface area contributed by atoms with Crippen LogP contribution in [0.2, 0.25) is 5.02 Å². The minimum Gasteiger partial charge on any atom is -0.387 e. The zero-order valence-electron chi connectivity index (χ0n) is 11.3. The van der Waals surface area contributed by atoms with E-state index in [2.05, 4.69) is 9.98 Å². The van der Waals surface area contributed by atoms with Gasteiger partial charge in [0.1, 0.15) is 5.84 Å². The third-order valence-electron chi connectivity index (χ3n) is 3.97. The number of nitrogens with two attached hydrogens (primary N) is 1. The van der Waals surface area contributed by atoms with E-state index in [-0.39, 0.29) is 0 Å². The first kappa shape index (κ1) is 13.4. The molecule has 0 amide bonds. The second-order valence-corrected chi connectivity index (χ2v) is 5.74. The predicted molar refractivity (Wildman–Crippen MR) is 84.6 cm³/mol. The Morgan fingerprint density at radius 2 is 2.00 bits per heavy atom. The lowest BCUT2D eigenvalue weighted by atomic mass is 9.88. The number of nitrogens with zero attached hydrogens (tertiary/aromatic N) is 2. The van der Waals surface area contributed by atoms with Gasteiger partial charge in [-0.05, 0) is 37.1 Å². The van der Waals surface area contributed by atoms with Crippen molar-refractivity contribution in [3.05, 3.63) is 35.5 Å². The van der Waals surface area contributed by atoms with Crippen LogP contribution in [-0.2, 0) is 0 Å². The van der Waals surface area contributed by atoms with Crippen LogP contribution >= 0.6 is 11.6 Å². The Labute approximate surface area is 123 Å². The Balaban J connectivity index is 1.99. The van der Waals surface area contributed by atoms with Gasteiger partial charge in [-0.25, -0.2) is 4.99 Å². The minimum atomic E-state index is 0.415. The summed E-state index contributed by atoms with van der Waals surface area (Å²) in [6, 6.07) is 7.60. The van der Waals surface area contributed by atoms with Crippen molar-refractivity contribution >= 4 is 34.0 Å². The number of aliphatic imine (C=N–C) groups is 1. The van der Waals surface area contributed by atoms with E-state index in [0.29, 0.717) is 10.9 Å². The first-order valence-electron chi connectivity index (χ1n) is 7.13. The zero-order valence-corrected chi connectivity index (χ0v) is 12.1. The maximum Gasteiger partial charge on any atom is 0.103 e. The molecule has 0 radical (unpaired) electrons. The molecule has 104 valence electrons. The number of rotatable bonds is 2. The molecule has 1 aromatic heterocycles. The Hall–Kier alpha value is -1.61.